The number of amides is 1. The van der Waals surface area contributed by atoms with Crippen molar-refractivity contribution < 1.29 is 18.0 Å². The number of anilines is 1. The highest BCUT2D eigenvalue weighted by molar-refractivity contribution is 5.79. The fraction of sp³-hybridized carbons (Fsp3) is 0.818. The molecule has 0 radical (unpaired) electrons. The summed E-state index contributed by atoms with van der Waals surface area (Å²) in [5.74, 6) is 0.784. The molecule has 2 aliphatic heterocycles. The molecule has 1 amide bonds. The SMILES string of the molecule is CC(C)(C)[C@@H]1C[C@@H](C(F)(F)F)n2nc([C@H]3CCN(C(=O)C4CCCCC4)C3)cc2N1. The van der Waals surface area contributed by atoms with Crippen LogP contribution in [0.4, 0.5) is 19.0 Å². The second-order valence-electron chi connectivity index (χ2n) is 10.4. The van der Waals surface area contributed by atoms with Gasteiger partial charge in [0.15, 0.2) is 6.04 Å². The van der Waals surface area contributed by atoms with Gasteiger partial charge in [-0.25, -0.2) is 4.68 Å². The van der Waals surface area contributed by atoms with Gasteiger partial charge in [0.1, 0.15) is 5.82 Å². The van der Waals surface area contributed by atoms with E-state index in [0.29, 0.717) is 24.6 Å². The van der Waals surface area contributed by atoms with Crippen molar-refractivity contribution >= 4 is 11.7 Å². The van der Waals surface area contributed by atoms with E-state index in [9.17, 15) is 18.0 Å². The topological polar surface area (TPSA) is 50.2 Å². The second kappa shape index (κ2) is 7.75. The molecule has 1 saturated carbocycles. The van der Waals surface area contributed by atoms with E-state index in [0.717, 1.165) is 36.8 Å². The number of likely N-dealkylation sites (tertiary alicyclic amines) is 1. The number of carbonyl (C=O) groups is 1. The molecule has 1 aliphatic carbocycles. The molecule has 1 saturated heterocycles. The number of alkyl halides is 3. The molecule has 168 valence electrons. The van der Waals surface area contributed by atoms with Crippen LogP contribution in [0.1, 0.15) is 83.4 Å². The van der Waals surface area contributed by atoms with Crippen molar-refractivity contribution in [1.82, 2.24) is 14.7 Å². The Morgan fingerprint density at radius 2 is 1.83 bits per heavy atom. The van der Waals surface area contributed by atoms with Crippen molar-refractivity contribution in [3.63, 3.8) is 0 Å². The van der Waals surface area contributed by atoms with Crippen LogP contribution < -0.4 is 5.32 Å². The van der Waals surface area contributed by atoms with Crippen LogP contribution in [0.2, 0.25) is 0 Å². The minimum Gasteiger partial charge on any atom is -0.367 e. The Labute approximate surface area is 176 Å². The Balaban J connectivity index is 1.52. The standard InChI is InChI=1S/C22H33F3N4O/c1-21(2,3)17-12-18(22(23,24)25)29-19(26-17)11-16(27-29)15-9-10-28(13-15)20(30)14-7-5-4-6-8-14/h11,14-15,17-18,26H,4-10,12-13H2,1-3H3/t15-,17-,18-/m0/s1. The van der Waals surface area contributed by atoms with E-state index in [-0.39, 0.29) is 35.6 Å². The molecule has 3 atom stereocenters. The smallest absolute Gasteiger partial charge is 0.367 e. The van der Waals surface area contributed by atoms with E-state index in [1.807, 2.05) is 25.7 Å². The zero-order valence-corrected chi connectivity index (χ0v) is 18.1. The number of carbonyl (C=O) groups excluding carboxylic acids is 1. The molecule has 30 heavy (non-hydrogen) atoms. The third-order valence-corrected chi connectivity index (χ3v) is 7.13. The lowest BCUT2D eigenvalue weighted by Crippen LogP contribution is -2.44. The summed E-state index contributed by atoms with van der Waals surface area (Å²) in [4.78, 5) is 14.8. The zero-order chi connectivity index (χ0) is 21.7. The average molecular weight is 427 g/mol. The van der Waals surface area contributed by atoms with Crippen molar-refractivity contribution in [3.05, 3.63) is 11.8 Å². The molecule has 2 fully saturated rings. The summed E-state index contributed by atoms with van der Waals surface area (Å²) in [5.41, 5.74) is 0.371. The summed E-state index contributed by atoms with van der Waals surface area (Å²) in [6.07, 6.45) is 1.74. The number of rotatable bonds is 2. The highest BCUT2D eigenvalue weighted by atomic mass is 19.4. The quantitative estimate of drug-likeness (QED) is 0.715. The third-order valence-electron chi connectivity index (χ3n) is 7.13. The Hall–Kier alpha value is -1.73. The predicted octanol–water partition coefficient (Wildman–Crippen LogP) is 5.11. The lowest BCUT2D eigenvalue weighted by Gasteiger charge is -2.39. The normalized spacial score (nSPS) is 28.3. The van der Waals surface area contributed by atoms with Gasteiger partial charge in [0.05, 0.1) is 5.69 Å². The van der Waals surface area contributed by atoms with Gasteiger partial charge in [0.2, 0.25) is 5.91 Å². The molecular weight excluding hydrogens is 393 g/mol. The number of halogens is 3. The van der Waals surface area contributed by atoms with E-state index in [2.05, 4.69) is 10.4 Å². The molecule has 3 aliphatic rings. The van der Waals surface area contributed by atoms with Gasteiger partial charge in [-0.3, -0.25) is 4.79 Å². The van der Waals surface area contributed by atoms with Crippen molar-refractivity contribution in [2.45, 2.75) is 89.9 Å². The summed E-state index contributed by atoms with van der Waals surface area (Å²) in [6.45, 7) is 7.10. The summed E-state index contributed by atoms with van der Waals surface area (Å²) < 4.78 is 42.5. The Morgan fingerprint density at radius 3 is 2.47 bits per heavy atom. The third kappa shape index (κ3) is 4.19. The molecule has 0 aromatic carbocycles. The fourth-order valence-corrected chi connectivity index (χ4v) is 5.17. The minimum absolute atomic E-state index is 0.000545. The molecule has 0 unspecified atom stereocenters. The van der Waals surface area contributed by atoms with E-state index in [1.165, 1.54) is 6.42 Å². The Bertz CT molecular complexity index is 776. The van der Waals surface area contributed by atoms with Crippen LogP contribution in [-0.4, -0.2) is 45.9 Å². The monoisotopic (exact) mass is 426 g/mol. The molecule has 5 nitrogen and oxygen atoms in total. The molecule has 1 N–H and O–H groups in total. The van der Waals surface area contributed by atoms with Crippen LogP contribution in [0, 0.1) is 11.3 Å². The number of nitrogens with zero attached hydrogens (tertiary/aromatic N) is 3. The van der Waals surface area contributed by atoms with Gasteiger partial charge in [0, 0.05) is 37.0 Å². The zero-order valence-electron chi connectivity index (χ0n) is 18.1. The fourth-order valence-electron chi connectivity index (χ4n) is 5.17. The Morgan fingerprint density at radius 1 is 1.13 bits per heavy atom. The number of nitrogens with one attached hydrogen (secondary N) is 1. The lowest BCUT2D eigenvalue weighted by molar-refractivity contribution is -0.175. The summed E-state index contributed by atoms with van der Waals surface area (Å²) in [5, 5.41) is 7.69. The molecular formula is C22H33F3N4O. The van der Waals surface area contributed by atoms with E-state index in [1.54, 1.807) is 6.07 Å². The first-order valence-electron chi connectivity index (χ1n) is 11.3. The molecule has 1 aromatic heterocycles. The van der Waals surface area contributed by atoms with Gasteiger partial charge in [-0.2, -0.15) is 18.3 Å². The van der Waals surface area contributed by atoms with Crippen molar-refractivity contribution in [2.75, 3.05) is 18.4 Å². The first-order chi connectivity index (χ1) is 14.0. The summed E-state index contributed by atoms with van der Waals surface area (Å²) >= 11 is 0. The van der Waals surface area contributed by atoms with Crippen LogP contribution in [0.15, 0.2) is 6.07 Å². The predicted molar refractivity (Wildman–Crippen MR) is 109 cm³/mol. The minimum atomic E-state index is -4.34. The number of hydrogen-bond donors (Lipinski definition) is 1. The average Bonchev–Trinajstić information content (AvgIpc) is 3.32. The molecule has 1 aromatic rings. The van der Waals surface area contributed by atoms with Crippen LogP contribution in [0.25, 0.3) is 0 Å². The number of fused-ring (bicyclic) bond motifs is 1. The van der Waals surface area contributed by atoms with Gasteiger partial charge in [-0.1, -0.05) is 40.0 Å². The maximum absolute atomic E-state index is 13.8. The molecule has 4 rings (SSSR count). The highest BCUT2D eigenvalue weighted by Gasteiger charge is 2.48. The first kappa shape index (κ1) is 21.5. The summed E-state index contributed by atoms with van der Waals surface area (Å²) in [6, 6.07) is -0.127. The highest BCUT2D eigenvalue weighted by Crippen LogP contribution is 2.44. The Kier molecular flexibility index (Phi) is 5.56. The number of hydrogen-bond acceptors (Lipinski definition) is 3. The van der Waals surface area contributed by atoms with Crippen LogP contribution in [0.5, 0.6) is 0 Å². The largest absolute Gasteiger partial charge is 0.410 e. The van der Waals surface area contributed by atoms with Gasteiger partial charge in [0.25, 0.3) is 0 Å². The van der Waals surface area contributed by atoms with Gasteiger partial charge in [-0.05, 0) is 31.1 Å². The van der Waals surface area contributed by atoms with Crippen molar-refractivity contribution in [1.29, 1.82) is 0 Å². The van der Waals surface area contributed by atoms with Gasteiger partial charge >= 0.3 is 6.18 Å². The van der Waals surface area contributed by atoms with Crippen LogP contribution >= 0.6 is 0 Å². The van der Waals surface area contributed by atoms with Crippen LogP contribution in [0.3, 0.4) is 0 Å². The van der Waals surface area contributed by atoms with Gasteiger partial charge < -0.3 is 10.2 Å². The van der Waals surface area contributed by atoms with E-state index >= 15 is 0 Å². The molecule has 0 spiro atoms. The maximum atomic E-state index is 13.8. The van der Waals surface area contributed by atoms with Gasteiger partial charge in [-0.15, -0.1) is 0 Å². The van der Waals surface area contributed by atoms with E-state index in [4.69, 9.17) is 0 Å². The van der Waals surface area contributed by atoms with Crippen molar-refractivity contribution in [3.8, 4) is 0 Å². The molecule has 0 bridgehead atoms. The molecule has 8 heteroatoms. The second-order valence-corrected chi connectivity index (χ2v) is 10.4. The maximum Gasteiger partial charge on any atom is 0.410 e. The van der Waals surface area contributed by atoms with Crippen LogP contribution in [-0.2, 0) is 4.79 Å². The number of aromatic nitrogens is 2. The first-order valence-corrected chi connectivity index (χ1v) is 11.3. The summed E-state index contributed by atoms with van der Waals surface area (Å²) in [7, 11) is 0. The molecule has 3 heterocycles. The van der Waals surface area contributed by atoms with Crippen molar-refractivity contribution in [2.24, 2.45) is 11.3 Å². The lowest BCUT2D eigenvalue weighted by atomic mass is 9.82. The van der Waals surface area contributed by atoms with E-state index < -0.39 is 12.2 Å².